The number of pyridine rings is 1. The number of aromatic nitrogens is 1. The topological polar surface area (TPSA) is 60.5 Å². The maximum absolute atomic E-state index is 13.1. The number of nitrogens with one attached hydrogen (secondary N) is 1. The Balaban J connectivity index is 2.04. The van der Waals surface area contributed by atoms with Gasteiger partial charge in [-0.05, 0) is 63.8 Å². The van der Waals surface area contributed by atoms with E-state index in [1.807, 2.05) is 20.8 Å². The van der Waals surface area contributed by atoms with Crippen LogP contribution in [0.3, 0.4) is 0 Å². The molecule has 0 saturated heterocycles. The molecule has 5 nitrogen and oxygen atoms in total. The predicted molar refractivity (Wildman–Crippen MR) is 115 cm³/mol. The summed E-state index contributed by atoms with van der Waals surface area (Å²) in [6.45, 7) is 6.19. The summed E-state index contributed by atoms with van der Waals surface area (Å²) < 4.78 is 11.4. The molecule has 0 atom stereocenters. The van der Waals surface area contributed by atoms with Crippen molar-refractivity contribution in [1.82, 2.24) is 10.3 Å². The second kappa shape index (κ2) is 9.31. The number of methoxy groups -OCH3 is 1. The zero-order valence-corrected chi connectivity index (χ0v) is 18.1. The first-order chi connectivity index (χ1) is 13.9. The van der Waals surface area contributed by atoms with Gasteiger partial charge in [-0.25, -0.2) is 4.98 Å². The van der Waals surface area contributed by atoms with Gasteiger partial charge in [0, 0.05) is 34.0 Å². The predicted octanol–water partition coefficient (Wildman–Crippen LogP) is 4.81. The van der Waals surface area contributed by atoms with E-state index in [2.05, 4.69) is 28.5 Å². The molecule has 1 aromatic carbocycles. The third kappa shape index (κ3) is 5.10. The Morgan fingerprint density at radius 3 is 2.69 bits per heavy atom. The highest BCUT2D eigenvalue weighted by Crippen LogP contribution is 2.30. The number of fused-ring (bicyclic) bond motifs is 2. The number of nitrogens with zero attached hydrogens (tertiary/aromatic N) is 1. The van der Waals surface area contributed by atoms with Crippen LogP contribution in [0.1, 0.15) is 53.0 Å². The maximum atomic E-state index is 13.1. The highest BCUT2D eigenvalue weighted by Gasteiger charge is 2.20. The Hall–Kier alpha value is -2.53. The number of aryl methyl sites for hydroxylation is 2. The van der Waals surface area contributed by atoms with Crippen molar-refractivity contribution in [3.8, 4) is 11.6 Å². The normalized spacial score (nSPS) is 15.4. The van der Waals surface area contributed by atoms with Gasteiger partial charge in [-0.2, -0.15) is 0 Å². The fourth-order valence-corrected chi connectivity index (χ4v) is 3.73. The minimum Gasteiger partial charge on any atom is -0.491 e. The Labute approximate surface area is 177 Å². The van der Waals surface area contributed by atoms with Gasteiger partial charge in [0.2, 0.25) is 5.88 Å². The second-order valence-electron chi connectivity index (χ2n) is 7.40. The molecule has 6 heteroatoms. The van der Waals surface area contributed by atoms with Gasteiger partial charge in [0.1, 0.15) is 5.75 Å². The molecule has 1 aliphatic heterocycles. The van der Waals surface area contributed by atoms with Gasteiger partial charge in [-0.15, -0.1) is 0 Å². The van der Waals surface area contributed by atoms with E-state index in [-0.39, 0.29) is 12.0 Å². The van der Waals surface area contributed by atoms with Crippen LogP contribution in [0.25, 0.3) is 0 Å². The molecule has 1 N–H and O–H groups in total. The number of benzene rings is 1. The lowest BCUT2D eigenvalue weighted by atomic mass is 9.99. The Morgan fingerprint density at radius 1 is 1.17 bits per heavy atom. The lowest BCUT2D eigenvalue weighted by Crippen LogP contribution is -2.26. The summed E-state index contributed by atoms with van der Waals surface area (Å²) in [5, 5.41) is 3.49. The molecule has 0 spiro atoms. The average molecular weight is 415 g/mol. The molecule has 1 amide bonds. The number of hydrogen-bond donors (Lipinski definition) is 1. The van der Waals surface area contributed by atoms with Gasteiger partial charge in [-0.1, -0.05) is 23.8 Å². The number of rotatable bonds is 3. The van der Waals surface area contributed by atoms with Gasteiger partial charge in [0.15, 0.2) is 0 Å². The van der Waals surface area contributed by atoms with Crippen LogP contribution in [0.4, 0.5) is 0 Å². The fourth-order valence-electron chi connectivity index (χ4n) is 3.52. The number of allylic oxidation sites excluding steroid dienone is 2. The van der Waals surface area contributed by atoms with Crippen molar-refractivity contribution in [2.24, 2.45) is 0 Å². The first-order valence-electron chi connectivity index (χ1n) is 9.84. The molecule has 0 saturated carbocycles. The first kappa shape index (κ1) is 21.2. The molecule has 0 radical (unpaired) electrons. The number of hydrogen-bond acceptors (Lipinski definition) is 4. The molecule has 2 heterocycles. The highest BCUT2D eigenvalue weighted by atomic mass is 35.5. The average Bonchev–Trinajstić information content (AvgIpc) is 2.65. The van der Waals surface area contributed by atoms with Crippen molar-refractivity contribution in [2.45, 2.75) is 52.7 Å². The SMILES string of the molecule is COc1nc(C)cc2c1CNC(=O)c1cc(Cl)cc(OC(C)C)c1C/C=C\CC2. The zero-order valence-electron chi connectivity index (χ0n) is 17.3. The van der Waals surface area contributed by atoms with Gasteiger partial charge in [0.05, 0.1) is 13.2 Å². The number of carbonyl (C=O) groups is 1. The summed E-state index contributed by atoms with van der Waals surface area (Å²) in [5.41, 5.74) is 4.30. The Morgan fingerprint density at radius 2 is 1.97 bits per heavy atom. The van der Waals surface area contributed by atoms with Crippen molar-refractivity contribution < 1.29 is 14.3 Å². The summed E-state index contributed by atoms with van der Waals surface area (Å²) in [4.78, 5) is 17.5. The third-order valence-corrected chi connectivity index (χ3v) is 4.99. The van der Waals surface area contributed by atoms with E-state index in [9.17, 15) is 4.79 Å². The number of amides is 1. The smallest absolute Gasteiger partial charge is 0.252 e. The lowest BCUT2D eigenvalue weighted by molar-refractivity contribution is 0.0948. The highest BCUT2D eigenvalue weighted by molar-refractivity contribution is 6.31. The lowest BCUT2D eigenvalue weighted by Gasteiger charge is -2.19. The Bertz CT molecular complexity index is 938. The van der Waals surface area contributed by atoms with Gasteiger partial charge >= 0.3 is 0 Å². The van der Waals surface area contributed by atoms with Gasteiger partial charge in [0.25, 0.3) is 5.91 Å². The maximum Gasteiger partial charge on any atom is 0.252 e. The van der Waals surface area contributed by atoms with Gasteiger partial charge in [-0.3, -0.25) is 4.79 Å². The number of halogens is 1. The molecular weight excluding hydrogens is 388 g/mol. The largest absolute Gasteiger partial charge is 0.491 e. The van der Waals surface area contributed by atoms with Crippen LogP contribution in [0.5, 0.6) is 11.6 Å². The van der Waals surface area contributed by atoms with Crippen molar-refractivity contribution in [1.29, 1.82) is 0 Å². The van der Waals surface area contributed by atoms with Crippen molar-refractivity contribution in [2.75, 3.05) is 7.11 Å². The van der Waals surface area contributed by atoms with E-state index >= 15 is 0 Å². The van der Waals surface area contributed by atoms with Crippen LogP contribution in [0.15, 0.2) is 30.4 Å². The van der Waals surface area contributed by atoms with Crippen LogP contribution in [-0.2, 0) is 19.4 Å². The first-order valence-corrected chi connectivity index (χ1v) is 10.2. The van der Waals surface area contributed by atoms with E-state index in [1.54, 1.807) is 19.2 Å². The van der Waals surface area contributed by atoms with E-state index in [0.717, 1.165) is 35.2 Å². The van der Waals surface area contributed by atoms with Crippen LogP contribution < -0.4 is 14.8 Å². The van der Waals surface area contributed by atoms with E-state index < -0.39 is 0 Å². The molecule has 29 heavy (non-hydrogen) atoms. The van der Waals surface area contributed by atoms with E-state index in [4.69, 9.17) is 21.1 Å². The third-order valence-electron chi connectivity index (χ3n) is 4.78. The molecule has 0 aliphatic carbocycles. The van der Waals surface area contributed by atoms with Crippen LogP contribution in [0.2, 0.25) is 5.02 Å². The zero-order chi connectivity index (χ0) is 21.0. The molecule has 3 rings (SSSR count). The summed E-state index contributed by atoms with van der Waals surface area (Å²) in [6, 6.07) is 5.53. The number of ether oxygens (including phenoxy) is 2. The molecule has 2 aromatic rings. The quantitative estimate of drug-likeness (QED) is 0.732. The molecule has 0 fully saturated rings. The molecule has 1 aliphatic rings. The molecule has 154 valence electrons. The monoisotopic (exact) mass is 414 g/mol. The van der Waals surface area contributed by atoms with E-state index in [0.29, 0.717) is 35.2 Å². The summed E-state index contributed by atoms with van der Waals surface area (Å²) >= 11 is 6.29. The number of carbonyl (C=O) groups excluding carboxylic acids is 1. The fraction of sp³-hybridized carbons (Fsp3) is 0.391. The summed E-state index contributed by atoms with van der Waals surface area (Å²) in [6.07, 6.45) is 6.55. The molecule has 0 unspecified atom stereocenters. The van der Waals surface area contributed by atoms with Crippen molar-refractivity contribution >= 4 is 17.5 Å². The molecule has 0 bridgehead atoms. The Kier molecular flexibility index (Phi) is 6.80. The summed E-state index contributed by atoms with van der Waals surface area (Å²) in [7, 11) is 1.60. The summed E-state index contributed by atoms with van der Waals surface area (Å²) in [5.74, 6) is 1.00. The van der Waals surface area contributed by atoms with Gasteiger partial charge < -0.3 is 14.8 Å². The standard InChI is InChI=1S/C23H27ClN2O3/c1-14(2)29-21-12-17(24)11-19-18(21)9-7-5-6-8-16-10-15(3)26-23(28-4)20(16)13-25-22(19)27/h5,7,10-12,14H,6,8-9,13H2,1-4H3,(H,25,27)/b7-5-. The molecular formula is C23H27ClN2O3. The van der Waals surface area contributed by atoms with Crippen molar-refractivity contribution in [3.63, 3.8) is 0 Å². The van der Waals surface area contributed by atoms with E-state index in [1.165, 1.54) is 0 Å². The molecule has 1 aromatic heterocycles. The minimum atomic E-state index is -0.196. The van der Waals surface area contributed by atoms with Crippen molar-refractivity contribution in [3.05, 3.63) is 63.3 Å². The minimum absolute atomic E-state index is 0.0172. The second-order valence-corrected chi connectivity index (χ2v) is 7.84. The van der Waals surface area contributed by atoms with Crippen LogP contribution in [-0.4, -0.2) is 24.1 Å². The van der Waals surface area contributed by atoms with Crippen LogP contribution >= 0.6 is 11.6 Å². The van der Waals surface area contributed by atoms with Crippen LogP contribution in [0, 0.1) is 6.92 Å².